The second kappa shape index (κ2) is 8.01. The lowest BCUT2D eigenvalue weighted by Gasteiger charge is -2.23. The zero-order chi connectivity index (χ0) is 15.1. The molecule has 3 N–H and O–H groups in total. The number of amides is 1. The molecule has 0 bridgehead atoms. The van der Waals surface area contributed by atoms with Crippen molar-refractivity contribution in [1.82, 2.24) is 4.90 Å². The Balaban J connectivity index is 2.64. The first-order valence-electron chi connectivity index (χ1n) is 6.40. The highest BCUT2D eigenvalue weighted by Gasteiger charge is 2.14. The molecule has 0 radical (unpaired) electrons. The molecule has 1 unspecified atom stereocenters. The van der Waals surface area contributed by atoms with E-state index in [-0.39, 0.29) is 5.91 Å². The number of carbonyl (C=O) groups excluding carboxylic acids is 1. The predicted octanol–water partition coefficient (Wildman–Crippen LogP) is 1.90. The molecule has 1 aromatic rings. The smallest absolute Gasteiger partial charge is 0.238 e. The van der Waals surface area contributed by atoms with Crippen LogP contribution >= 0.6 is 11.8 Å². The molecule has 6 heteroatoms. The van der Waals surface area contributed by atoms with Crippen LogP contribution in [0.4, 0.5) is 11.4 Å². The Morgan fingerprint density at radius 3 is 2.85 bits per heavy atom. The number of nitrogen functional groups attached to an aromatic ring is 1. The van der Waals surface area contributed by atoms with E-state index in [2.05, 4.69) is 18.5 Å². The van der Waals surface area contributed by atoms with Crippen molar-refractivity contribution in [3.63, 3.8) is 0 Å². The zero-order valence-electron chi connectivity index (χ0n) is 12.5. The quantitative estimate of drug-likeness (QED) is 0.752. The van der Waals surface area contributed by atoms with Gasteiger partial charge in [0, 0.05) is 17.5 Å². The van der Waals surface area contributed by atoms with Crippen LogP contribution in [0.1, 0.15) is 6.92 Å². The number of hydrogen-bond acceptors (Lipinski definition) is 5. The summed E-state index contributed by atoms with van der Waals surface area (Å²) < 4.78 is 5.20. The van der Waals surface area contributed by atoms with Gasteiger partial charge in [-0.2, -0.15) is 11.8 Å². The Hall–Kier alpha value is -1.40. The number of carbonyl (C=O) groups is 1. The van der Waals surface area contributed by atoms with Crippen molar-refractivity contribution >= 4 is 29.0 Å². The van der Waals surface area contributed by atoms with Crippen molar-refractivity contribution in [2.75, 3.05) is 43.8 Å². The molecule has 0 fully saturated rings. The van der Waals surface area contributed by atoms with Gasteiger partial charge in [0.1, 0.15) is 5.75 Å². The molecule has 0 aliphatic rings. The number of methoxy groups -OCH3 is 1. The number of hydrogen-bond donors (Lipinski definition) is 2. The normalized spacial score (nSPS) is 12.2. The number of thioether (sulfide) groups is 1. The third-order valence-corrected chi connectivity index (χ3v) is 3.87. The van der Waals surface area contributed by atoms with Gasteiger partial charge in [0.2, 0.25) is 5.91 Å². The van der Waals surface area contributed by atoms with Gasteiger partial charge in [-0.15, -0.1) is 0 Å². The minimum Gasteiger partial charge on any atom is -0.495 e. The molecule has 0 spiro atoms. The molecule has 0 aliphatic carbocycles. The van der Waals surface area contributed by atoms with E-state index in [1.807, 2.05) is 11.9 Å². The molecule has 1 rings (SSSR count). The van der Waals surface area contributed by atoms with Crippen LogP contribution in [0.25, 0.3) is 0 Å². The van der Waals surface area contributed by atoms with Gasteiger partial charge in [-0.25, -0.2) is 0 Å². The van der Waals surface area contributed by atoms with Gasteiger partial charge in [-0.05, 0) is 38.4 Å². The SMILES string of the molecule is COc1ccc(N)cc1NC(=O)CN(C)C(C)CSC. The number of rotatable bonds is 7. The highest BCUT2D eigenvalue weighted by Crippen LogP contribution is 2.26. The molecule has 0 aromatic heterocycles. The maximum atomic E-state index is 12.1. The molecule has 112 valence electrons. The summed E-state index contributed by atoms with van der Waals surface area (Å²) in [5.74, 6) is 1.52. The first-order chi connectivity index (χ1) is 9.47. The second-order valence-corrected chi connectivity index (χ2v) is 5.64. The molecule has 1 atom stereocenters. The number of likely N-dealkylation sites (N-methyl/N-ethyl adjacent to an activating group) is 1. The average Bonchev–Trinajstić information content (AvgIpc) is 2.39. The lowest BCUT2D eigenvalue weighted by atomic mass is 10.2. The predicted molar refractivity (Wildman–Crippen MR) is 86.5 cm³/mol. The van der Waals surface area contributed by atoms with E-state index in [0.29, 0.717) is 29.7 Å². The fourth-order valence-electron chi connectivity index (χ4n) is 1.76. The highest BCUT2D eigenvalue weighted by molar-refractivity contribution is 7.98. The Kier molecular flexibility index (Phi) is 6.67. The van der Waals surface area contributed by atoms with Crippen LogP contribution in [0.15, 0.2) is 18.2 Å². The molecule has 0 heterocycles. The number of nitrogens with one attached hydrogen (secondary N) is 1. The standard InChI is InChI=1S/C14H23N3O2S/c1-10(9-20-4)17(2)8-14(18)16-12-7-11(15)5-6-13(12)19-3/h5-7,10H,8-9,15H2,1-4H3,(H,16,18). The van der Waals surface area contributed by atoms with Gasteiger partial charge < -0.3 is 15.8 Å². The van der Waals surface area contributed by atoms with Crippen molar-refractivity contribution in [2.45, 2.75) is 13.0 Å². The fraction of sp³-hybridized carbons (Fsp3) is 0.500. The summed E-state index contributed by atoms with van der Waals surface area (Å²) in [5, 5.41) is 2.84. The lowest BCUT2D eigenvalue weighted by molar-refractivity contribution is -0.117. The topological polar surface area (TPSA) is 67.6 Å². The summed E-state index contributed by atoms with van der Waals surface area (Å²) in [6.45, 7) is 2.44. The maximum Gasteiger partial charge on any atom is 0.238 e. The molecule has 1 amide bonds. The Morgan fingerprint density at radius 2 is 2.25 bits per heavy atom. The number of nitrogens with two attached hydrogens (primary N) is 1. The molecule has 0 aliphatic heterocycles. The summed E-state index contributed by atoms with van der Waals surface area (Å²) >= 11 is 1.77. The number of ether oxygens (including phenoxy) is 1. The van der Waals surface area contributed by atoms with E-state index in [9.17, 15) is 4.79 Å². The summed E-state index contributed by atoms with van der Waals surface area (Å²) in [7, 11) is 3.50. The van der Waals surface area contributed by atoms with E-state index < -0.39 is 0 Å². The number of nitrogens with zero attached hydrogens (tertiary/aromatic N) is 1. The summed E-state index contributed by atoms with van der Waals surface area (Å²) in [4.78, 5) is 14.1. The zero-order valence-corrected chi connectivity index (χ0v) is 13.3. The first kappa shape index (κ1) is 16.7. The van der Waals surface area contributed by atoms with E-state index in [0.717, 1.165) is 5.75 Å². The third kappa shape index (κ3) is 4.94. The Bertz CT molecular complexity index is 454. The lowest BCUT2D eigenvalue weighted by Crippen LogP contribution is -2.37. The van der Waals surface area contributed by atoms with Crippen LogP contribution in [0, 0.1) is 0 Å². The van der Waals surface area contributed by atoms with Crippen molar-refractivity contribution in [3.05, 3.63) is 18.2 Å². The number of anilines is 2. The summed E-state index contributed by atoms with van der Waals surface area (Å²) in [6.07, 6.45) is 2.06. The largest absolute Gasteiger partial charge is 0.495 e. The minimum absolute atomic E-state index is 0.0793. The second-order valence-electron chi connectivity index (χ2n) is 4.73. The van der Waals surface area contributed by atoms with Gasteiger partial charge in [0.05, 0.1) is 19.3 Å². The fourth-order valence-corrected chi connectivity index (χ4v) is 2.50. The van der Waals surface area contributed by atoms with Gasteiger partial charge in [-0.1, -0.05) is 0 Å². The van der Waals surface area contributed by atoms with Gasteiger partial charge in [-0.3, -0.25) is 9.69 Å². The Labute approximate surface area is 124 Å². The van der Waals surface area contributed by atoms with Gasteiger partial charge in [0.25, 0.3) is 0 Å². The molecule has 0 saturated heterocycles. The summed E-state index contributed by atoms with van der Waals surface area (Å²) in [6, 6.07) is 5.52. The van der Waals surface area contributed by atoms with Crippen LogP contribution < -0.4 is 15.8 Å². The molecular weight excluding hydrogens is 274 g/mol. The van der Waals surface area contributed by atoms with E-state index in [1.54, 1.807) is 37.1 Å². The summed E-state index contributed by atoms with van der Waals surface area (Å²) in [5.41, 5.74) is 6.92. The van der Waals surface area contributed by atoms with Crippen LogP contribution in [0.2, 0.25) is 0 Å². The molecular formula is C14H23N3O2S. The van der Waals surface area contributed by atoms with E-state index in [1.165, 1.54) is 0 Å². The highest BCUT2D eigenvalue weighted by atomic mass is 32.2. The van der Waals surface area contributed by atoms with E-state index >= 15 is 0 Å². The monoisotopic (exact) mass is 297 g/mol. The molecule has 0 saturated carbocycles. The molecule has 1 aromatic carbocycles. The molecule has 20 heavy (non-hydrogen) atoms. The van der Waals surface area contributed by atoms with Crippen LogP contribution in [0.5, 0.6) is 5.75 Å². The van der Waals surface area contributed by atoms with Gasteiger partial charge in [0.15, 0.2) is 0 Å². The maximum absolute atomic E-state index is 12.1. The number of benzene rings is 1. The van der Waals surface area contributed by atoms with Crippen molar-refractivity contribution < 1.29 is 9.53 Å². The Morgan fingerprint density at radius 1 is 1.55 bits per heavy atom. The van der Waals surface area contributed by atoms with Gasteiger partial charge >= 0.3 is 0 Å². The van der Waals surface area contributed by atoms with Crippen LogP contribution in [0.3, 0.4) is 0 Å². The van der Waals surface area contributed by atoms with Crippen LogP contribution in [-0.2, 0) is 4.79 Å². The average molecular weight is 297 g/mol. The van der Waals surface area contributed by atoms with Crippen molar-refractivity contribution in [2.24, 2.45) is 0 Å². The molecule has 5 nitrogen and oxygen atoms in total. The third-order valence-electron chi connectivity index (χ3n) is 3.05. The van der Waals surface area contributed by atoms with Crippen LogP contribution in [-0.4, -0.2) is 49.6 Å². The van der Waals surface area contributed by atoms with Crippen molar-refractivity contribution in [1.29, 1.82) is 0 Å². The van der Waals surface area contributed by atoms with Crippen molar-refractivity contribution in [3.8, 4) is 5.75 Å². The first-order valence-corrected chi connectivity index (χ1v) is 7.79. The van der Waals surface area contributed by atoms with E-state index in [4.69, 9.17) is 10.5 Å². The minimum atomic E-state index is -0.0793.